The van der Waals surface area contributed by atoms with Gasteiger partial charge >= 0.3 is 0 Å². The molecule has 0 unspecified atom stereocenters. The number of hydrogen-bond donors (Lipinski definition) is 1. The molecule has 0 radical (unpaired) electrons. The van der Waals surface area contributed by atoms with Crippen molar-refractivity contribution >= 4 is 44.1 Å². The molecule has 0 aliphatic carbocycles. The summed E-state index contributed by atoms with van der Waals surface area (Å²) >= 11 is 1.80. The van der Waals surface area contributed by atoms with Crippen LogP contribution in [0, 0.1) is 0 Å². The summed E-state index contributed by atoms with van der Waals surface area (Å²) in [5.74, 6) is 0. The Kier molecular flexibility index (Phi) is 4.08. The van der Waals surface area contributed by atoms with Crippen molar-refractivity contribution in [2.75, 3.05) is 0 Å². The molecule has 5 aromatic carbocycles. The second-order valence-electron chi connectivity index (χ2n) is 6.67. The lowest BCUT2D eigenvalue weighted by atomic mass is 9.97. The predicted molar refractivity (Wildman–Crippen MR) is 115 cm³/mol. The second-order valence-corrected chi connectivity index (χ2v) is 7.75. The van der Waals surface area contributed by atoms with E-state index >= 15 is 0 Å². The quantitative estimate of drug-likeness (QED) is 0.355. The van der Waals surface area contributed by atoms with Gasteiger partial charge in [0.2, 0.25) is 0 Å². The maximum atomic E-state index is 10.0. The molecule has 130 valence electrons. The summed E-state index contributed by atoms with van der Waals surface area (Å²) in [5, 5.41) is 17.2. The lowest BCUT2D eigenvalue weighted by molar-refractivity contribution is 0.285. The molecule has 1 nitrogen and oxygen atoms in total. The maximum Gasteiger partial charge on any atom is 0.0693 e. The Balaban J connectivity index is 1.77. The predicted octanol–water partition coefficient (Wildman–Crippen LogP) is 6.79. The molecule has 5 aromatic rings. The van der Waals surface area contributed by atoms with Gasteiger partial charge in [0.05, 0.1) is 6.61 Å². The minimum Gasteiger partial charge on any atom is -0.392 e. The van der Waals surface area contributed by atoms with Crippen molar-refractivity contribution in [1.82, 2.24) is 0 Å². The van der Waals surface area contributed by atoms with Crippen LogP contribution in [0.25, 0.3) is 32.3 Å². The van der Waals surface area contributed by atoms with Crippen LogP contribution in [0.15, 0.2) is 101 Å². The zero-order chi connectivity index (χ0) is 18.2. The lowest BCUT2D eigenvalue weighted by Gasteiger charge is -2.15. The van der Waals surface area contributed by atoms with Gasteiger partial charge in [-0.25, -0.2) is 0 Å². The van der Waals surface area contributed by atoms with Crippen molar-refractivity contribution < 1.29 is 5.11 Å². The van der Waals surface area contributed by atoms with Gasteiger partial charge in [0.25, 0.3) is 0 Å². The van der Waals surface area contributed by atoms with Gasteiger partial charge in [-0.3, -0.25) is 0 Å². The third-order valence-electron chi connectivity index (χ3n) is 5.09. The van der Waals surface area contributed by atoms with E-state index in [0.717, 1.165) is 16.3 Å². The van der Waals surface area contributed by atoms with E-state index < -0.39 is 0 Å². The van der Waals surface area contributed by atoms with Crippen LogP contribution in [0.3, 0.4) is 0 Å². The molecule has 0 aliphatic heterocycles. The van der Waals surface area contributed by atoms with Crippen molar-refractivity contribution in [1.29, 1.82) is 0 Å². The first-order valence-electron chi connectivity index (χ1n) is 9.05. The van der Waals surface area contributed by atoms with Crippen LogP contribution in [-0.2, 0) is 6.61 Å². The van der Waals surface area contributed by atoms with E-state index in [1.807, 2.05) is 12.1 Å². The number of rotatable bonds is 3. The molecule has 0 amide bonds. The molecule has 0 atom stereocenters. The number of aliphatic hydroxyl groups is 1. The van der Waals surface area contributed by atoms with E-state index in [1.54, 1.807) is 11.8 Å². The van der Waals surface area contributed by atoms with Crippen molar-refractivity contribution in [2.24, 2.45) is 0 Å². The fourth-order valence-corrected chi connectivity index (χ4v) is 4.94. The minimum atomic E-state index is 0.0436. The number of fused-ring (bicyclic) bond motifs is 3. The highest BCUT2D eigenvalue weighted by atomic mass is 32.2. The van der Waals surface area contributed by atoms with Gasteiger partial charge in [0.1, 0.15) is 0 Å². The second kappa shape index (κ2) is 6.73. The minimum absolute atomic E-state index is 0.0436. The Hall–Kier alpha value is -2.81. The topological polar surface area (TPSA) is 20.2 Å². The molecule has 0 fully saturated rings. The molecule has 0 bridgehead atoms. The Morgan fingerprint density at radius 1 is 0.593 bits per heavy atom. The highest BCUT2D eigenvalue weighted by Gasteiger charge is 2.14. The first kappa shape index (κ1) is 16.4. The SMILES string of the molecule is OCc1c2ccccc2c(Sc2ccc3ccccc3c2)c2ccccc12. The molecule has 0 aliphatic rings. The van der Waals surface area contributed by atoms with Gasteiger partial charge < -0.3 is 5.11 Å². The van der Waals surface area contributed by atoms with E-state index in [0.29, 0.717) is 0 Å². The summed E-state index contributed by atoms with van der Waals surface area (Å²) in [6.45, 7) is 0.0436. The zero-order valence-corrected chi connectivity index (χ0v) is 15.5. The smallest absolute Gasteiger partial charge is 0.0693 e. The lowest BCUT2D eigenvalue weighted by Crippen LogP contribution is -1.92. The third kappa shape index (κ3) is 2.78. The van der Waals surface area contributed by atoms with Gasteiger partial charge in [0, 0.05) is 9.79 Å². The summed E-state index contributed by atoms with van der Waals surface area (Å²) in [6.07, 6.45) is 0. The van der Waals surface area contributed by atoms with Crippen LogP contribution in [-0.4, -0.2) is 5.11 Å². The Bertz CT molecular complexity index is 1230. The fourth-order valence-electron chi connectivity index (χ4n) is 3.81. The molecule has 5 rings (SSSR count). The molecule has 1 N–H and O–H groups in total. The molecule has 0 aromatic heterocycles. The summed E-state index contributed by atoms with van der Waals surface area (Å²) < 4.78 is 0. The van der Waals surface area contributed by atoms with Crippen LogP contribution >= 0.6 is 11.8 Å². The number of aliphatic hydroxyl groups excluding tert-OH is 1. The van der Waals surface area contributed by atoms with Crippen LogP contribution < -0.4 is 0 Å². The fraction of sp³-hybridized carbons (Fsp3) is 0.0400. The number of benzene rings is 5. The average molecular weight is 366 g/mol. The standard InChI is InChI=1S/C25H18OS/c26-16-24-20-9-3-5-11-22(20)25(23-12-6-4-10-21(23)24)27-19-14-13-17-7-1-2-8-18(17)15-19/h1-15,26H,16H2. The average Bonchev–Trinajstić information content (AvgIpc) is 2.73. The Morgan fingerprint density at radius 3 is 1.78 bits per heavy atom. The first-order chi connectivity index (χ1) is 13.3. The highest BCUT2D eigenvalue weighted by molar-refractivity contribution is 7.99. The van der Waals surface area contributed by atoms with Gasteiger partial charge in [-0.15, -0.1) is 0 Å². The van der Waals surface area contributed by atoms with Crippen LogP contribution in [0.1, 0.15) is 5.56 Å². The molecular formula is C25H18OS. The monoisotopic (exact) mass is 366 g/mol. The van der Waals surface area contributed by atoms with Gasteiger partial charge in [-0.05, 0) is 50.0 Å². The van der Waals surface area contributed by atoms with Crippen molar-refractivity contribution in [3.05, 3.63) is 96.6 Å². The number of hydrogen-bond acceptors (Lipinski definition) is 2. The van der Waals surface area contributed by atoms with E-state index in [9.17, 15) is 5.11 Å². The third-order valence-corrected chi connectivity index (χ3v) is 6.23. The van der Waals surface area contributed by atoms with Crippen molar-refractivity contribution in [3.63, 3.8) is 0 Å². The van der Waals surface area contributed by atoms with Gasteiger partial charge in [-0.2, -0.15) is 0 Å². The largest absolute Gasteiger partial charge is 0.392 e. The molecule has 0 heterocycles. The van der Waals surface area contributed by atoms with Crippen molar-refractivity contribution in [2.45, 2.75) is 16.4 Å². The highest BCUT2D eigenvalue weighted by Crippen LogP contribution is 2.42. The molecule has 27 heavy (non-hydrogen) atoms. The van der Waals surface area contributed by atoms with Crippen molar-refractivity contribution in [3.8, 4) is 0 Å². The first-order valence-corrected chi connectivity index (χ1v) is 9.86. The Morgan fingerprint density at radius 2 is 1.15 bits per heavy atom. The zero-order valence-electron chi connectivity index (χ0n) is 14.7. The van der Waals surface area contributed by atoms with Crippen LogP contribution in [0.2, 0.25) is 0 Å². The normalized spacial score (nSPS) is 11.4. The van der Waals surface area contributed by atoms with Gasteiger partial charge in [0.15, 0.2) is 0 Å². The molecule has 0 spiro atoms. The maximum absolute atomic E-state index is 10.0. The summed E-state index contributed by atoms with van der Waals surface area (Å²) in [5.41, 5.74) is 1.00. The molecule has 0 saturated heterocycles. The Labute approximate surface area is 162 Å². The summed E-state index contributed by atoms with van der Waals surface area (Å²) in [6, 6.07) is 31.8. The van der Waals surface area contributed by atoms with Crippen LogP contribution in [0.4, 0.5) is 0 Å². The van der Waals surface area contributed by atoms with E-state index in [-0.39, 0.29) is 6.61 Å². The van der Waals surface area contributed by atoms with Crippen LogP contribution in [0.5, 0.6) is 0 Å². The van der Waals surface area contributed by atoms with E-state index in [1.165, 1.54) is 31.3 Å². The molecule has 2 heteroatoms. The summed E-state index contributed by atoms with van der Waals surface area (Å²) in [7, 11) is 0. The van der Waals surface area contributed by atoms with Gasteiger partial charge in [-0.1, -0.05) is 90.6 Å². The van der Waals surface area contributed by atoms with E-state index in [2.05, 4.69) is 78.9 Å². The molecular weight excluding hydrogens is 348 g/mol. The molecule has 0 saturated carbocycles. The van der Waals surface area contributed by atoms with E-state index in [4.69, 9.17) is 0 Å². The summed E-state index contributed by atoms with van der Waals surface area (Å²) in [4.78, 5) is 2.47.